The minimum Gasteiger partial charge on any atom is -0.348 e. The number of nitrogens with zero attached hydrogens (tertiary/aromatic N) is 2. The predicted molar refractivity (Wildman–Crippen MR) is 116 cm³/mol. The molecule has 2 atom stereocenters. The Morgan fingerprint density at radius 3 is 2.45 bits per heavy atom. The summed E-state index contributed by atoms with van der Waals surface area (Å²) in [7, 11) is 0. The summed E-state index contributed by atoms with van der Waals surface area (Å²) in [5, 5.41) is 5.92. The predicted octanol–water partition coefficient (Wildman–Crippen LogP) is 4.38. The van der Waals surface area contributed by atoms with Crippen molar-refractivity contribution in [3.05, 3.63) is 59.9 Å². The number of benzene rings is 2. The van der Waals surface area contributed by atoms with Gasteiger partial charge in [-0.15, -0.1) is 0 Å². The lowest BCUT2D eigenvalue weighted by atomic mass is 10.0. The van der Waals surface area contributed by atoms with Crippen LogP contribution in [0.2, 0.25) is 0 Å². The molecule has 0 aliphatic rings. The molecule has 2 aromatic carbocycles. The van der Waals surface area contributed by atoms with E-state index >= 15 is 0 Å². The molecule has 1 aromatic heterocycles. The van der Waals surface area contributed by atoms with Crippen molar-refractivity contribution in [2.45, 2.75) is 46.7 Å². The van der Waals surface area contributed by atoms with Gasteiger partial charge in [-0.2, -0.15) is 0 Å². The fraction of sp³-hybridized carbons (Fsp3) is 0.348. The Balaban J connectivity index is 1.87. The topological polar surface area (TPSA) is 76.0 Å². The molecule has 0 radical (unpaired) electrons. The summed E-state index contributed by atoms with van der Waals surface area (Å²) in [5.41, 5.74) is 3.49. The van der Waals surface area contributed by atoms with Gasteiger partial charge in [0.15, 0.2) is 0 Å². The second-order valence-corrected chi connectivity index (χ2v) is 7.74. The number of imidazole rings is 1. The summed E-state index contributed by atoms with van der Waals surface area (Å²) in [6, 6.07) is 14.8. The average Bonchev–Trinajstić information content (AvgIpc) is 2.97. The number of hydrogen-bond donors (Lipinski definition) is 2. The van der Waals surface area contributed by atoms with Crippen LogP contribution in [0, 0.1) is 12.8 Å². The number of anilines is 1. The zero-order valence-electron chi connectivity index (χ0n) is 17.6. The average molecular weight is 393 g/mol. The maximum atomic E-state index is 13.3. The molecule has 0 saturated heterocycles. The number of aromatic nitrogens is 2. The molecule has 1 heterocycles. The van der Waals surface area contributed by atoms with E-state index < -0.39 is 0 Å². The summed E-state index contributed by atoms with van der Waals surface area (Å²) in [6.07, 6.45) is 0. The number of carbonyl (C=O) groups is 2. The van der Waals surface area contributed by atoms with Gasteiger partial charge in [-0.1, -0.05) is 38.1 Å². The standard InChI is InChI=1S/C23H28N4O2/c1-14(2)22(27-16(4)25-20-11-6-7-12-21(20)27)23(29)24-15(3)18-9-8-10-19(13-18)26-17(5)28/h6-15,22H,1-5H3,(H,24,29)(H,26,28). The lowest BCUT2D eigenvalue weighted by molar-refractivity contribution is -0.126. The summed E-state index contributed by atoms with van der Waals surface area (Å²) < 4.78 is 2.02. The van der Waals surface area contributed by atoms with E-state index in [-0.39, 0.29) is 29.8 Å². The fourth-order valence-corrected chi connectivity index (χ4v) is 3.71. The van der Waals surface area contributed by atoms with Gasteiger partial charge in [0.05, 0.1) is 17.1 Å². The molecule has 29 heavy (non-hydrogen) atoms. The van der Waals surface area contributed by atoms with Crippen LogP contribution in [0.5, 0.6) is 0 Å². The number of hydrogen-bond acceptors (Lipinski definition) is 3. The smallest absolute Gasteiger partial charge is 0.243 e. The molecule has 2 N–H and O–H groups in total. The molecule has 0 aliphatic carbocycles. The third-order valence-corrected chi connectivity index (χ3v) is 5.02. The third-order valence-electron chi connectivity index (χ3n) is 5.02. The van der Waals surface area contributed by atoms with Crippen LogP contribution in [0.1, 0.15) is 51.2 Å². The molecule has 6 heteroatoms. The molecular weight excluding hydrogens is 364 g/mol. The molecule has 3 rings (SSSR count). The first kappa shape index (κ1) is 20.6. The first-order valence-corrected chi connectivity index (χ1v) is 9.89. The molecule has 0 aliphatic heterocycles. The van der Waals surface area contributed by atoms with E-state index in [4.69, 9.17) is 0 Å². The number of amides is 2. The first-order chi connectivity index (χ1) is 13.8. The van der Waals surface area contributed by atoms with Crippen LogP contribution in [0.25, 0.3) is 11.0 Å². The van der Waals surface area contributed by atoms with Crippen LogP contribution in [-0.4, -0.2) is 21.4 Å². The maximum Gasteiger partial charge on any atom is 0.243 e. The summed E-state index contributed by atoms with van der Waals surface area (Å²) in [5.74, 6) is 0.731. The highest BCUT2D eigenvalue weighted by Crippen LogP contribution is 2.27. The van der Waals surface area contributed by atoms with E-state index in [1.807, 2.05) is 80.8 Å². The quantitative estimate of drug-likeness (QED) is 0.654. The number of nitrogens with one attached hydrogen (secondary N) is 2. The molecule has 0 saturated carbocycles. The van der Waals surface area contributed by atoms with Crippen LogP contribution in [0.4, 0.5) is 5.69 Å². The monoisotopic (exact) mass is 392 g/mol. The summed E-state index contributed by atoms with van der Waals surface area (Å²) in [6.45, 7) is 9.44. The maximum absolute atomic E-state index is 13.3. The van der Waals surface area contributed by atoms with E-state index in [1.165, 1.54) is 6.92 Å². The molecule has 0 bridgehead atoms. The van der Waals surface area contributed by atoms with E-state index in [9.17, 15) is 9.59 Å². The summed E-state index contributed by atoms with van der Waals surface area (Å²) >= 11 is 0. The van der Waals surface area contributed by atoms with E-state index in [1.54, 1.807) is 0 Å². The van der Waals surface area contributed by atoms with E-state index in [0.717, 1.165) is 22.4 Å². The van der Waals surface area contributed by atoms with E-state index in [0.29, 0.717) is 5.69 Å². The van der Waals surface area contributed by atoms with Crippen molar-refractivity contribution in [3.63, 3.8) is 0 Å². The minimum absolute atomic E-state index is 0.0521. The molecular formula is C23H28N4O2. The van der Waals surface area contributed by atoms with Crippen molar-refractivity contribution in [2.24, 2.45) is 5.92 Å². The zero-order chi connectivity index (χ0) is 21.1. The van der Waals surface area contributed by atoms with Crippen LogP contribution >= 0.6 is 0 Å². The third kappa shape index (κ3) is 4.47. The highest BCUT2D eigenvalue weighted by atomic mass is 16.2. The zero-order valence-corrected chi connectivity index (χ0v) is 17.6. The lowest BCUT2D eigenvalue weighted by Crippen LogP contribution is -2.37. The Hall–Kier alpha value is -3.15. The lowest BCUT2D eigenvalue weighted by Gasteiger charge is -2.26. The molecule has 3 aromatic rings. The Labute approximate surface area is 171 Å². The minimum atomic E-state index is -0.372. The Kier molecular flexibility index (Phi) is 6.01. The van der Waals surface area contributed by atoms with Crippen molar-refractivity contribution >= 4 is 28.5 Å². The SMILES string of the molecule is CC(=O)Nc1cccc(C(C)NC(=O)C(C(C)C)n2c(C)nc3ccccc32)c1. The number of carbonyl (C=O) groups excluding carboxylic acids is 2. The van der Waals surface area contributed by atoms with Gasteiger partial charge in [-0.25, -0.2) is 4.98 Å². The molecule has 0 spiro atoms. The molecule has 2 unspecified atom stereocenters. The second kappa shape index (κ2) is 8.47. The van der Waals surface area contributed by atoms with Gasteiger partial charge in [0.25, 0.3) is 0 Å². The van der Waals surface area contributed by atoms with Crippen molar-refractivity contribution in [2.75, 3.05) is 5.32 Å². The normalized spacial score (nSPS) is 13.3. The second-order valence-electron chi connectivity index (χ2n) is 7.74. The molecule has 152 valence electrons. The van der Waals surface area contributed by atoms with Gasteiger partial charge in [0.2, 0.25) is 11.8 Å². The van der Waals surface area contributed by atoms with Crippen LogP contribution in [0.3, 0.4) is 0 Å². The number of aryl methyl sites for hydroxylation is 1. The van der Waals surface area contributed by atoms with Crippen LogP contribution < -0.4 is 10.6 Å². The van der Waals surface area contributed by atoms with E-state index in [2.05, 4.69) is 15.6 Å². The van der Waals surface area contributed by atoms with Gasteiger partial charge in [-0.05, 0) is 49.6 Å². The highest BCUT2D eigenvalue weighted by Gasteiger charge is 2.28. The Morgan fingerprint density at radius 1 is 1.03 bits per heavy atom. The highest BCUT2D eigenvalue weighted by molar-refractivity contribution is 5.89. The number of fused-ring (bicyclic) bond motifs is 1. The van der Waals surface area contributed by atoms with Gasteiger partial charge in [0, 0.05) is 12.6 Å². The Morgan fingerprint density at radius 2 is 1.76 bits per heavy atom. The van der Waals surface area contributed by atoms with Crippen molar-refractivity contribution < 1.29 is 9.59 Å². The van der Waals surface area contributed by atoms with Crippen molar-refractivity contribution in [1.29, 1.82) is 0 Å². The van der Waals surface area contributed by atoms with Gasteiger partial charge >= 0.3 is 0 Å². The largest absolute Gasteiger partial charge is 0.348 e. The Bertz CT molecular complexity index is 1040. The summed E-state index contributed by atoms with van der Waals surface area (Å²) in [4.78, 5) is 29.2. The van der Waals surface area contributed by atoms with Crippen LogP contribution in [-0.2, 0) is 9.59 Å². The molecule has 2 amide bonds. The molecule has 0 fully saturated rings. The van der Waals surface area contributed by atoms with Crippen molar-refractivity contribution in [3.8, 4) is 0 Å². The van der Waals surface area contributed by atoms with Gasteiger partial charge < -0.3 is 15.2 Å². The fourth-order valence-electron chi connectivity index (χ4n) is 3.71. The van der Waals surface area contributed by atoms with Gasteiger partial charge in [-0.3, -0.25) is 9.59 Å². The van der Waals surface area contributed by atoms with Gasteiger partial charge in [0.1, 0.15) is 11.9 Å². The van der Waals surface area contributed by atoms with Crippen molar-refractivity contribution in [1.82, 2.24) is 14.9 Å². The first-order valence-electron chi connectivity index (χ1n) is 9.89. The van der Waals surface area contributed by atoms with Crippen LogP contribution in [0.15, 0.2) is 48.5 Å². The number of rotatable bonds is 6. The number of para-hydroxylation sites is 2. The molecule has 6 nitrogen and oxygen atoms in total.